The summed E-state index contributed by atoms with van der Waals surface area (Å²) >= 11 is 0. The first kappa shape index (κ1) is 14.7. The molecular formula is C14H15N3O4. The van der Waals surface area contributed by atoms with Gasteiger partial charge in [-0.25, -0.2) is 0 Å². The minimum absolute atomic E-state index is 0.0974. The van der Waals surface area contributed by atoms with Crippen molar-refractivity contribution in [2.45, 2.75) is 20.1 Å². The normalized spacial score (nSPS) is 11.9. The molecule has 110 valence electrons. The summed E-state index contributed by atoms with van der Waals surface area (Å²) in [6.45, 7) is 2.14. The molecule has 0 saturated carbocycles. The van der Waals surface area contributed by atoms with E-state index in [1.54, 1.807) is 6.92 Å². The number of carbonyl (C=O) groups excluding carboxylic acids is 1. The number of esters is 1. The molecule has 1 atom stereocenters. The topological polar surface area (TPSA) is 87.3 Å². The highest BCUT2D eigenvalue weighted by atomic mass is 16.6. The molecule has 1 aromatic heterocycles. The van der Waals surface area contributed by atoms with E-state index >= 15 is 0 Å². The fraction of sp³-hybridized carbons (Fsp3) is 0.286. The molecule has 0 fully saturated rings. The molecular weight excluding hydrogens is 274 g/mol. The monoisotopic (exact) mass is 289 g/mol. The third-order valence-corrected chi connectivity index (χ3v) is 2.92. The fourth-order valence-corrected chi connectivity index (χ4v) is 1.77. The van der Waals surface area contributed by atoms with Crippen LogP contribution >= 0.6 is 0 Å². The quantitative estimate of drug-likeness (QED) is 0.462. The van der Waals surface area contributed by atoms with Gasteiger partial charge in [-0.2, -0.15) is 5.10 Å². The highest BCUT2D eigenvalue weighted by molar-refractivity contribution is 5.71. The molecule has 7 nitrogen and oxygen atoms in total. The molecule has 0 radical (unpaired) electrons. The molecule has 1 unspecified atom stereocenters. The van der Waals surface area contributed by atoms with Crippen molar-refractivity contribution in [3.8, 4) is 0 Å². The van der Waals surface area contributed by atoms with Crippen LogP contribution in [0.4, 0.5) is 5.69 Å². The summed E-state index contributed by atoms with van der Waals surface area (Å²) < 4.78 is 6.57. The predicted octanol–water partition coefficient (Wildman–Crippen LogP) is 2.17. The van der Waals surface area contributed by atoms with Crippen LogP contribution in [0.3, 0.4) is 0 Å². The maximum Gasteiger partial charge on any atom is 0.310 e. The molecule has 21 heavy (non-hydrogen) atoms. The number of nitro groups is 1. The van der Waals surface area contributed by atoms with E-state index in [0.717, 1.165) is 11.8 Å². The first-order valence-electron chi connectivity index (χ1n) is 6.43. The molecule has 0 amide bonds. The SMILES string of the molecule is CC(Cn1cc([N+](=O)[O-])cn1)C(=O)OCc1ccccc1. The Bertz CT molecular complexity index is 624. The van der Waals surface area contributed by atoms with Crippen LogP contribution in [-0.4, -0.2) is 20.7 Å². The summed E-state index contributed by atoms with van der Waals surface area (Å²) in [5, 5.41) is 14.4. The summed E-state index contributed by atoms with van der Waals surface area (Å²) in [5.41, 5.74) is 0.813. The number of ether oxygens (including phenoxy) is 1. The van der Waals surface area contributed by atoms with Gasteiger partial charge in [0.05, 0.1) is 17.4 Å². The number of nitrogens with zero attached hydrogens (tertiary/aromatic N) is 3. The molecule has 0 aliphatic carbocycles. The molecule has 0 saturated heterocycles. The van der Waals surface area contributed by atoms with Gasteiger partial charge in [-0.15, -0.1) is 0 Å². The van der Waals surface area contributed by atoms with Gasteiger partial charge in [0, 0.05) is 0 Å². The van der Waals surface area contributed by atoms with Crippen molar-refractivity contribution in [3.05, 3.63) is 58.4 Å². The smallest absolute Gasteiger partial charge is 0.310 e. The molecule has 0 aliphatic rings. The Labute approximate surface area is 121 Å². The lowest BCUT2D eigenvalue weighted by atomic mass is 10.2. The molecule has 0 N–H and O–H groups in total. The van der Waals surface area contributed by atoms with Crippen LogP contribution in [0.15, 0.2) is 42.7 Å². The van der Waals surface area contributed by atoms with Crippen LogP contribution in [0, 0.1) is 16.0 Å². The van der Waals surface area contributed by atoms with Crippen molar-refractivity contribution in [1.82, 2.24) is 9.78 Å². The molecule has 1 heterocycles. The van der Waals surface area contributed by atoms with Gasteiger partial charge in [-0.3, -0.25) is 19.6 Å². The van der Waals surface area contributed by atoms with Crippen molar-refractivity contribution >= 4 is 11.7 Å². The minimum Gasteiger partial charge on any atom is -0.461 e. The Hall–Kier alpha value is -2.70. The summed E-state index contributed by atoms with van der Waals surface area (Å²) in [6, 6.07) is 9.37. The molecule has 2 rings (SSSR count). The van der Waals surface area contributed by atoms with Crippen LogP contribution in [0.25, 0.3) is 0 Å². The number of carbonyl (C=O) groups is 1. The number of hydrogen-bond donors (Lipinski definition) is 0. The van der Waals surface area contributed by atoms with E-state index in [4.69, 9.17) is 4.74 Å². The Morgan fingerprint density at radius 1 is 1.43 bits per heavy atom. The molecule has 0 aliphatic heterocycles. The summed E-state index contributed by atoms with van der Waals surface area (Å²) in [7, 11) is 0. The van der Waals surface area contributed by atoms with Gasteiger partial charge in [-0.05, 0) is 5.56 Å². The van der Waals surface area contributed by atoms with Crippen molar-refractivity contribution in [3.63, 3.8) is 0 Å². The maximum absolute atomic E-state index is 11.9. The van der Waals surface area contributed by atoms with Crippen molar-refractivity contribution in [2.24, 2.45) is 5.92 Å². The summed E-state index contributed by atoms with van der Waals surface area (Å²) in [5.74, 6) is -0.801. The van der Waals surface area contributed by atoms with Crippen LogP contribution < -0.4 is 0 Å². The van der Waals surface area contributed by atoms with Crippen molar-refractivity contribution in [2.75, 3.05) is 0 Å². The van der Waals surface area contributed by atoms with E-state index in [2.05, 4.69) is 5.10 Å². The predicted molar refractivity (Wildman–Crippen MR) is 74.3 cm³/mol. The van der Waals surface area contributed by atoms with Gasteiger partial charge >= 0.3 is 11.7 Å². The van der Waals surface area contributed by atoms with Crippen LogP contribution in [-0.2, 0) is 22.7 Å². The first-order valence-corrected chi connectivity index (χ1v) is 6.43. The average Bonchev–Trinajstić information content (AvgIpc) is 2.94. The van der Waals surface area contributed by atoms with Gasteiger partial charge in [-0.1, -0.05) is 37.3 Å². The van der Waals surface area contributed by atoms with E-state index in [-0.39, 0.29) is 24.8 Å². The van der Waals surface area contributed by atoms with Gasteiger partial charge < -0.3 is 4.74 Å². The highest BCUT2D eigenvalue weighted by Gasteiger charge is 2.17. The van der Waals surface area contributed by atoms with E-state index in [0.29, 0.717) is 0 Å². The Morgan fingerprint density at radius 2 is 2.14 bits per heavy atom. The molecule has 2 aromatic rings. The largest absolute Gasteiger partial charge is 0.461 e. The van der Waals surface area contributed by atoms with E-state index in [9.17, 15) is 14.9 Å². The third kappa shape index (κ3) is 4.13. The molecule has 0 spiro atoms. The van der Waals surface area contributed by atoms with Crippen LogP contribution in [0.2, 0.25) is 0 Å². The Kier molecular flexibility index (Phi) is 4.65. The van der Waals surface area contributed by atoms with E-state index in [1.165, 1.54) is 10.9 Å². The molecule has 1 aromatic carbocycles. The Morgan fingerprint density at radius 3 is 2.76 bits per heavy atom. The molecule has 0 bridgehead atoms. The number of rotatable bonds is 6. The second-order valence-corrected chi connectivity index (χ2v) is 4.67. The molecule has 7 heteroatoms. The van der Waals surface area contributed by atoms with E-state index in [1.807, 2.05) is 30.3 Å². The maximum atomic E-state index is 11.9. The lowest BCUT2D eigenvalue weighted by Gasteiger charge is -2.11. The highest BCUT2D eigenvalue weighted by Crippen LogP contribution is 2.11. The lowest BCUT2D eigenvalue weighted by molar-refractivity contribution is -0.385. The average molecular weight is 289 g/mol. The minimum atomic E-state index is -0.526. The fourth-order valence-electron chi connectivity index (χ4n) is 1.77. The number of hydrogen-bond acceptors (Lipinski definition) is 5. The first-order chi connectivity index (χ1) is 10.1. The zero-order chi connectivity index (χ0) is 15.2. The van der Waals surface area contributed by atoms with E-state index < -0.39 is 10.8 Å². The van der Waals surface area contributed by atoms with Gasteiger partial charge in [0.15, 0.2) is 0 Å². The second-order valence-electron chi connectivity index (χ2n) is 4.67. The second kappa shape index (κ2) is 6.65. The van der Waals surface area contributed by atoms with Gasteiger partial charge in [0.2, 0.25) is 0 Å². The third-order valence-electron chi connectivity index (χ3n) is 2.92. The summed E-state index contributed by atoms with van der Waals surface area (Å²) in [4.78, 5) is 21.9. The number of benzene rings is 1. The van der Waals surface area contributed by atoms with Crippen molar-refractivity contribution in [1.29, 1.82) is 0 Å². The van der Waals surface area contributed by atoms with Gasteiger partial charge in [0.25, 0.3) is 0 Å². The van der Waals surface area contributed by atoms with Crippen molar-refractivity contribution < 1.29 is 14.5 Å². The van der Waals surface area contributed by atoms with Gasteiger partial charge in [0.1, 0.15) is 19.0 Å². The summed E-state index contributed by atoms with van der Waals surface area (Å²) in [6.07, 6.45) is 2.45. The zero-order valence-corrected chi connectivity index (χ0v) is 11.5. The standard InChI is InChI=1S/C14H15N3O4/c1-11(8-16-9-13(7-15-16)17(19)20)14(18)21-10-12-5-3-2-4-6-12/h2-7,9,11H,8,10H2,1H3. The zero-order valence-electron chi connectivity index (χ0n) is 11.5. The van der Waals surface area contributed by atoms with Crippen LogP contribution in [0.1, 0.15) is 12.5 Å². The lowest BCUT2D eigenvalue weighted by Crippen LogP contribution is -2.20. The Balaban J connectivity index is 1.85. The number of aromatic nitrogens is 2. The van der Waals surface area contributed by atoms with Crippen LogP contribution in [0.5, 0.6) is 0 Å².